The van der Waals surface area contributed by atoms with E-state index in [2.05, 4.69) is 9.46 Å². The lowest BCUT2D eigenvalue weighted by Gasteiger charge is -2.10. The van der Waals surface area contributed by atoms with Gasteiger partial charge in [-0.25, -0.2) is 17.9 Å². The summed E-state index contributed by atoms with van der Waals surface area (Å²) in [5.74, 6) is -0.928. The van der Waals surface area contributed by atoms with Gasteiger partial charge in [-0.15, -0.1) is 0 Å². The number of rotatable bonds is 5. The predicted molar refractivity (Wildman–Crippen MR) is 64.4 cm³/mol. The maximum atomic E-state index is 11.8. The first-order chi connectivity index (χ1) is 8.90. The third-order valence-corrected chi connectivity index (χ3v) is 3.67. The molecule has 0 fully saturated rings. The average Bonchev–Trinajstić information content (AvgIpc) is 2.44. The van der Waals surface area contributed by atoms with Crippen LogP contribution in [0.2, 0.25) is 0 Å². The number of aliphatic hydroxyl groups is 1. The molecular formula is C11H12N2O5S. The molecule has 0 spiro atoms. The molecule has 0 amide bonds. The van der Waals surface area contributed by atoms with Crippen molar-refractivity contribution >= 4 is 16.0 Å². The van der Waals surface area contributed by atoms with Crippen molar-refractivity contribution in [2.24, 2.45) is 0 Å². The molecule has 7 nitrogen and oxygen atoms in total. The number of hydrogen-bond acceptors (Lipinski definition) is 6. The Balaban J connectivity index is 2.76. The number of carbonyl (C=O) groups is 1. The average molecular weight is 284 g/mol. The summed E-state index contributed by atoms with van der Waals surface area (Å²) in [6, 6.07) is 7.08. The predicted octanol–water partition coefficient (Wildman–Crippen LogP) is -0.630. The number of aliphatic hydroxyl groups excluding tert-OH is 1. The first-order valence-electron chi connectivity index (χ1n) is 5.16. The van der Waals surface area contributed by atoms with Gasteiger partial charge in [-0.3, -0.25) is 0 Å². The Bertz CT molecular complexity index is 589. The molecule has 0 bridgehead atoms. The van der Waals surface area contributed by atoms with Crippen LogP contribution in [0.3, 0.4) is 0 Å². The Kier molecular flexibility index (Phi) is 5.00. The maximum Gasteiger partial charge on any atom is 0.336 e. The Morgan fingerprint density at radius 2 is 2.05 bits per heavy atom. The summed E-state index contributed by atoms with van der Waals surface area (Å²) in [5, 5.41) is 17.9. The monoisotopic (exact) mass is 284 g/mol. The molecule has 1 aromatic rings. The Hall–Kier alpha value is -1.95. The van der Waals surface area contributed by atoms with Crippen molar-refractivity contribution in [2.75, 3.05) is 13.7 Å². The molecule has 1 aromatic carbocycles. The molecule has 0 heterocycles. The summed E-state index contributed by atoms with van der Waals surface area (Å²) in [6.07, 6.45) is -1.57. The third kappa shape index (κ3) is 4.03. The fourth-order valence-corrected chi connectivity index (χ4v) is 2.24. The molecule has 8 heteroatoms. The first-order valence-corrected chi connectivity index (χ1v) is 6.64. The Morgan fingerprint density at radius 1 is 1.47 bits per heavy atom. The number of nitrogens with one attached hydrogen (secondary N) is 1. The molecule has 0 radical (unpaired) electrons. The van der Waals surface area contributed by atoms with Gasteiger partial charge < -0.3 is 9.84 Å². The van der Waals surface area contributed by atoms with E-state index in [0.29, 0.717) is 5.56 Å². The van der Waals surface area contributed by atoms with Crippen LogP contribution in [-0.4, -0.2) is 39.3 Å². The first kappa shape index (κ1) is 15.1. The molecule has 0 aliphatic rings. The van der Waals surface area contributed by atoms with E-state index in [-0.39, 0.29) is 4.90 Å². The summed E-state index contributed by atoms with van der Waals surface area (Å²) in [5.41, 5.74) is 0.327. The van der Waals surface area contributed by atoms with E-state index >= 15 is 0 Å². The number of ether oxygens (including phenoxy) is 1. The minimum atomic E-state index is -3.85. The van der Waals surface area contributed by atoms with Crippen LogP contribution >= 0.6 is 0 Å². The van der Waals surface area contributed by atoms with Gasteiger partial charge in [0.2, 0.25) is 10.0 Å². The smallest absolute Gasteiger partial charge is 0.336 e. The maximum absolute atomic E-state index is 11.8. The standard InChI is InChI=1S/C11H12N2O5S/c1-18-11(15)10(14)7-13-19(16,17)9-4-2-8(6-12)3-5-9/h2-5,10,13-14H,7H2,1H3. The third-order valence-electron chi connectivity index (χ3n) is 2.23. The number of nitrogens with zero attached hydrogens (tertiary/aromatic N) is 1. The van der Waals surface area contributed by atoms with Crippen molar-refractivity contribution in [2.45, 2.75) is 11.0 Å². The number of methoxy groups -OCH3 is 1. The molecule has 0 aliphatic heterocycles. The second-order valence-electron chi connectivity index (χ2n) is 3.53. The van der Waals surface area contributed by atoms with E-state index in [4.69, 9.17) is 5.26 Å². The summed E-state index contributed by atoms with van der Waals surface area (Å²) >= 11 is 0. The van der Waals surface area contributed by atoms with Crippen LogP contribution in [0.15, 0.2) is 29.2 Å². The number of benzene rings is 1. The summed E-state index contributed by atoms with van der Waals surface area (Å²) < 4.78 is 29.9. The van der Waals surface area contributed by atoms with Crippen LogP contribution < -0.4 is 4.72 Å². The van der Waals surface area contributed by atoms with Crippen LogP contribution in [0.5, 0.6) is 0 Å². The zero-order valence-corrected chi connectivity index (χ0v) is 10.8. The van der Waals surface area contributed by atoms with Crippen molar-refractivity contribution in [1.82, 2.24) is 4.72 Å². The minimum absolute atomic E-state index is 0.0661. The summed E-state index contributed by atoms with van der Waals surface area (Å²) in [6.45, 7) is -0.491. The number of hydrogen-bond donors (Lipinski definition) is 2. The second-order valence-corrected chi connectivity index (χ2v) is 5.29. The van der Waals surface area contributed by atoms with Gasteiger partial charge in [0.1, 0.15) is 0 Å². The van der Waals surface area contributed by atoms with Gasteiger partial charge in [0, 0.05) is 6.54 Å². The second kappa shape index (κ2) is 6.29. The molecular weight excluding hydrogens is 272 g/mol. The minimum Gasteiger partial charge on any atom is -0.467 e. The SMILES string of the molecule is COC(=O)C(O)CNS(=O)(=O)c1ccc(C#N)cc1. The van der Waals surface area contributed by atoms with Gasteiger partial charge in [-0.1, -0.05) is 0 Å². The molecule has 2 N–H and O–H groups in total. The number of nitriles is 1. The largest absolute Gasteiger partial charge is 0.467 e. The van der Waals surface area contributed by atoms with E-state index < -0.39 is 28.6 Å². The zero-order chi connectivity index (χ0) is 14.5. The van der Waals surface area contributed by atoms with E-state index in [1.54, 1.807) is 0 Å². The molecule has 0 saturated heterocycles. The highest BCUT2D eigenvalue weighted by Gasteiger charge is 2.20. The van der Waals surface area contributed by atoms with Gasteiger partial charge >= 0.3 is 5.97 Å². The Morgan fingerprint density at radius 3 is 2.53 bits per heavy atom. The zero-order valence-electron chi connectivity index (χ0n) is 10.0. The molecule has 0 aliphatic carbocycles. The molecule has 102 valence electrons. The molecule has 1 rings (SSSR count). The topological polar surface area (TPSA) is 116 Å². The number of sulfonamides is 1. The van der Waals surface area contributed by atoms with Crippen LogP contribution in [0, 0.1) is 11.3 Å². The van der Waals surface area contributed by atoms with Gasteiger partial charge in [0.05, 0.1) is 23.6 Å². The normalized spacial score (nSPS) is 12.5. The lowest BCUT2D eigenvalue weighted by Crippen LogP contribution is -2.37. The molecule has 1 unspecified atom stereocenters. The van der Waals surface area contributed by atoms with Gasteiger partial charge in [0.15, 0.2) is 6.10 Å². The van der Waals surface area contributed by atoms with E-state index in [1.165, 1.54) is 24.3 Å². The summed E-state index contributed by atoms with van der Waals surface area (Å²) in [4.78, 5) is 10.8. The van der Waals surface area contributed by atoms with E-state index in [1.807, 2.05) is 6.07 Å². The molecule has 0 aromatic heterocycles. The van der Waals surface area contributed by atoms with Crippen LogP contribution in [0.1, 0.15) is 5.56 Å². The van der Waals surface area contributed by atoms with Gasteiger partial charge in [-0.05, 0) is 24.3 Å². The lowest BCUT2D eigenvalue weighted by molar-refractivity contribution is -0.149. The van der Waals surface area contributed by atoms with Crippen LogP contribution in [0.25, 0.3) is 0 Å². The van der Waals surface area contributed by atoms with Gasteiger partial charge in [-0.2, -0.15) is 5.26 Å². The lowest BCUT2D eigenvalue weighted by atomic mass is 10.2. The summed E-state index contributed by atoms with van der Waals surface area (Å²) in [7, 11) is -2.77. The fraction of sp³-hybridized carbons (Fsp3) is 0.273. The number of esters is 1. The highest BCUT2D eigenvalue weighted by Crippen LogP contribution is 2.09. The number of carbonyl (C=O) groups excluding carboxylic acids is 1. The highest BCUT2D eigenvalue weighted by atomic mass is 32.2. The van der Waals surface area contributed by atoms with Crippen LogP contribution in [-0.2, 0) is 19.6 Å². The van der Waals surface area contributed by atoms with E-state index in [0.717, 1.165) is 7.11 Å². The molecule has 1 atom stereocenters. The van der Waals surface area contributed by atoms with Crippen molar-refractivity contribution < 1.29 is 23.1 Å². The Labute approximate surface area is 110 Å². The van der Waals surface area contributed by atoms with Crippen LogP contribution in [0.4, 0.5) is 0 Å². The van der Waals surface area contributed by atoms with Crippen molar-refractivity contribution in [3.05, 3.63) is 29.8 Å². The van der Waals surface area contributed by atoms with Crippen molar-refractivity contribution in [1.29, 1.82) is 5.26 Å². The van der Waals surface area contributed by atoms with Gasteiger partial charge in [0.25, 0.3) is 0 Å². The molecule has 19 heavy (non-hydrogen) atoms. The quantitative estimate of drug-likeness (QED) is 0.695. The highest BCUT2D eigenvalue weighted by molar-refractivity contribution is 7.89. The van der Waals surface area contributed by atoms with E-state index in [9.17, 15) is 18.3 Å². The van der Waals surface area contributed by atoms with Crippen molar-refractivity contribution in [3.8, 4) is 6.07 Å². The molecule has 0 saturated carbocycles. The van der Waals surface area contributed by atoms with Crippen molar-refractivity contribution in [3.63, 3.8) is 0 Å². The fourth-order valence-electron chi connectivity index (χ4n) is 1.20.